The molecule has 32 heavy (non-hydrogen) atoms. The van der Waals surface area contributed by atoms with Crippen LogP contribution in [0.1, 0.15) is 41.3 Å². The molecule has 3 aromatic rings. The topological polar surface area (TPSA) is 93.3 Å². The summed E-state index contributed by atoms with van der Waals surface area (Å²) in [5.74, 6) is 0.549. The van der Waals surface area contributed by atoms with Crippen molar-refractivity contribution in [1.82, 2.24) is 20.0 Å². The number of aromatic nitrogens is 2. The SMILES string of the molecule is CC1CCCN(Cc2ccc(CNC(=O)c3cnn(-c4ccc([N+](=O)[O-])cc4)c3)cc2)C1. The molecule has 166 valence electrons. The van der Waals surface area contributed by atoms with E-state index in [4.69, 9.17) is 0 Å². The standard InChI is InChI=1S/C24H27N5O3/c1-18-3-2-12-27(15-18)16-20-6-4-19(5-7-20)13-25-24(30)21-14-26-28(17-21)22-8-10-23(11-9-22)29(31)32/h4-11,14,17-18H,2-3,12-13,15-16H2,1H3,(H,25,30). The van der Waals surface area contributed by atoms with Crippen molar-refractivity contribution in [3.05, 3.63) is 87.7 Å². The van der Waals surface area contributed by atoms with E-state index in [1.165, 1.54) is 41.4 Å². The number of benzene rings is 2. The summed E-state index contributed by atoms with van der Waals surface area (Å²) in [5, 5.41) is 17.9. The maximum atomic E-state index is 12.5. The number of nitrogens with one attached hydrogen (secondary N) is 1. The molecule has 8 heteroatoms. The Bertz CT molecular complexity index is 1080. The largest absolute Gasteiger partial charge is 0.348 e. The number of hydrogen-bond acceptors (Lipinski definition) is 5. The van der Waals surface area contributed by atoms with Gasteiger partial charge in [0.15, 0.2) is 0 Å². The lowest BCUT2D eigenvalue weighted by Crippen LogP contribution is -2.33. The van der Waals surface area contributed by atoms with Crippen molar-refractivity contribution in [3.8, 4) is 5.69 Å². The summed E-state index contributed by atoms with van der Waals surface area (Å²) < 4.78 is 1.52. The van der Waals surface area contributed by atoms with Gasteiger partial charge >= 0.3 is 0 Å². The first-order valence-electron chi connectivity index (χ1n) is 10.9. The van der Waals surface area contributed by atoms with Crippen molar-refractivity contribution in [1.29, 1.82) is 0 Å². The van der Waals surface area contributed by atoms with E-state index in [-0.39, 0.29) is 11.6 Å². The first kappa shape index (κ1) is 21.7. The minimum absolute atomic E-state index is 0.00961. The molecular formula is C24H27N5O3. The molecular weight excluding hydrogens is 406 g/mol. The van der Waals surface area contributed by atoms with Crippen LogP contribution in [0.25, 0.3) is 5.69 Å². The van der Waals surface area contributed by atoms with Gasteiger partial charge < -0.3 is 5.32 Å². The molecule has 0 radical (unpaired) electrons. The van der Waals surface area contributed by atoms with E-state index in [9.17, 15) is 14.9 Å². The predicted octanol–water partition coefficient (Wildman–Crippen LogP) is 3.94. The highest BCUT2D eigenvalue weighted by molar-refractivity contribution is 5.93. The Hall–Kier alpha value is -3.52. The molecule has 1 aliphatic rings. The van der Waals surface area contributed by atoms with Crippen molar-refractivity contribution in [3.63, 3.8) is 0 Å². The van der Waals surface area contributed by atoms with Crippen LogP contribution in [-0.4, -0.2) is 38.6 Å². The molecule has 1 saturated heterocycles. The molecule has 0 aliphatic carbocycles. The van der Waals surface area contributed by atoms with E-state index >= 15 is 0 Å². The van der Waals surface area contributed by atoms with Gasteiger partial charge in [-0.25, -0.2) is 4.68 Å². The summed E-state index contributed by atoms with van der Waals surface area (Å²) >= 11 is 0. The molecule has 1 aromatic heterocycles. The lowest BCUT2D eigenvalue weighted by molar-refractivity contribution is -0.384. The highest BCUT2D eigenvalue weighted by atomic mass is 16.6. The van der Waals surface area contributed by atoms with Gasteiger partial charge in [-0.1, -0.05) is 31.2 Å². The van der Waals surface area contributed by atoms with E-state index in [1.807, 2.05) is 0 Å². The number of carbonyl (C=O) groups is 1. The summed E-state index contributed by atoms with van der Waals surface area (Å²) in [7, 11) is 0. The Morgan fingerprint density at radius 2 is 1.88 bits per heavy atom. The van der Waals surface area contributed by atoms with Crippen LogP contribution in [0.3, 0.4) is 0 Å². The number of nitro benzene ring substituents is 1. The Morgan fingerprint density at radius 1 is 1.16 bits per heavy atom. The summed E-state index contributed by atoms with van der Waals surface area (Å²) in [5.41, 5.74) is 3.42. The number of hydrogen-bond donors (Lipinski definition) is 1. The Morgan fingerprint density at radius 3 is 2.56 bits per heavy atom. The van der Waals surface area contributed by atoms with Gasteiger partial charge in [-0.3, -0.25) is 19.8 Å². The highest BCUT2D eigenvalue weighted by Gasteiger charge is 2.16. The van der Waals surface area contributed by atoms with E-state index in [2.05, 4.69) is 46.5 Å². The molecule has 1 N–H and O–H groups in total. The summed E-state index contributed by atoms with van der Waals surface area (Å²) in [6, 6.07) is 14.4. The fraction of sp³-hybridized carbons (Fsp3) is 0.333. The maximum Gasteiger partial charge on any atom is 0.269 e. The molecule has 0 bridgehead atoms. The Balaban J connectivity index is 1.30. The number of piperidine rings is 1. The van der Waals surface area contributed by atoms with Gasteiger partial charge in [0.05, 0.1) is 22.4 Å². The van der Waals surface area contributed by atoms with Crippen LogP contribution in [-0.2, 0) is 13.1 Å². The van der Waals surface area contributed by atoms with Gasteiger partial charge in [0.2, 0.25) is 0 Å². The molecule has 1 atom stereocenters. The van der Waals surface area contributed by atoms with Crippen molar-refractivity contribution >= 4 is 11.6 Å². The van der Waals surface area contributed by atoms with Gasteiger partial charge in [-0.15, -0.1) is 0 Å². The number of amides is 1. The predicted molar refractivity (Wildman–Crippen MR) is 122 cm³/mol. The fourth-order valence-corrected chi connectivity index (χ4v) is 4.04. The third-order valence-corrected chi connectivity index (χ3v) is 5.79. The van der Waals surface area contributed by atoms with Gasteiger partial charge in [-0.2, -0.15) is 5.10 Å². The van der Waals surface area contributed by atoms with Gasteiger partial charge in [0.25, 0.3) is 11.6 Å². The molecule has 0 saturated carbocycles. The molecule has 2 aromatic carbocycles. The highest BCUT2D eigenvalue weighted by Crippen LogP contribution is 2.18. The number of carbonyl (C=O) groups excluding carboxylic acids is 1. The number of nitro groups is 1. The number of non-ortho nitro benzene ring substituents is 1. The van der Waals surface area contributed by atoms with Gasteiger partial charge in [-0.05, 0) is 48.6 Å². The van der Waals surface area contributed by atoms with Crippen LogP contribution >= 0.6 is 0 Å². The van der Waals surface area contributed by atoms with E-state index in [1.54, 1.807) is 18.3 Å². The third-order valence-electron chi connectivity index (χ3n) is 5.79. The number of rotatable bonds is 7. The monoisotopic (exact) mass is 433 g/mol. The van der Waals surface area contributed by atoms with Gasteiger partial charge in [0, 0.05) is 38.0 Å². The van der Waals surface area contributed by atoms with Crippen LogP contribution in [0.15, 0.2) is 60.9 Å². The van der Waals surface area contributed by atoms with Crippen LogP contribution in [0, 0.1) is 16.0 Å². The second kappa shape index (κ2) is 9.74. The van der Waals surface area contributed by atoms with Crippen LogP contribution in [0.2, 0.25) is 0 Å². The zero-order valence-corrected chi connectivity index (χ0v) is 18.1. The van der Waals surface area contributed by atoms with Crippen LogP contribution < -0.4 is 5.32 Å². The van der Waals surface area contributed by atoms with Crippen LogP contribution in [0.5, 0.6) is 0 Å². The van der Waals surface area contributed by atoms with Gasteiger partial charge in [0.1, 0.15) is 0 Å². The van der Waals surface area contributed by atoms with Crippen LogP contribution in [0.4, 0.5) is 5.69 Å². The second-order valence-corrected chi connectivity index (χ2v) is 8.43. The first-order chi connectivity index (χ1) is 15.5. The minimum Gasteiger partial charge on any atom is -0.348 e. The Kier molecular flexibility index (Phi) is 6.61. The summed E-state index contributed by atoms with van der Waals surface area (Å²) in [4.78, 5) is 25.3. The summed E-state index contributed by atoms with van der Waals surface area (Å²) in [6.45, 7) is 6.04. The summed E-state index contributed by atoms with van der Waals surface area (Å²) in [6.07, 6.45) is 5.69. The molecule has 1 aliphatic heterocycles. The molecule has 2 heterocycles. The second-order valence-electron chi connectivity index (χ2n) is 8.43. The molecule has 1 unspecified atom stereocenters. The number of nitrogens with zero attached hydrogens (tertiary/aromatic N) is 4. The maximum absolute atomic E-state index is 12.5. The number of likely N-dealkylation sites (tertiary alicyclic amines) is 1. The average Bonchev–Trinajstić information content (AvgIpc) is 3.29. The van der Waals surface area contributed by atoms with Crippen molar-refractivity contribution in [2.45, 2.75) is 32.9 Å². The Labute approximate surface area is 187 Å². The average molecular weight is 434 g/mol. The van der Waals surface area contributed by atoms with Crippen molar-refractivity contribution < 1.29 is 9.72 Å². The lowest BCUT2D eigenvalue weighted by Gasteiger charge is -2.30. The quantitative estimate of drug-likeness (QED) is 0.450. The molecule has 1 amide bonds. The fourth-order valence-electron chi connectivity index (χ4n) is 4.04. The molecule has 4 rings (SSSR count). The van der Waals surface area contributed by atoms with E-state index in [0.29, 0.717) is 17.8 Å². The van der Waals surface area contributed by atoms with E-state index in [0.717, 1.165) is 31.1 Å². The molecule has 8 nitrogen and oxygen atoms in total. The van der Waals surface area contributed by atoms with Crippen molar-refractivity contribution in [2.75, 3.05) is 13.1 Å². The lowest BCUT2D eigenvalue weighted by atomic mass is 9.99. The third kappa shape index (κ3) is 5.39. The smallest absolute Gasteiger partial charge is 0.269 e. The van der Waals surface area contributed by atoms with E-state index < -0.39 is 4.92 Å². The molecule has 1 fully saturated rings. The zero-order chi connectivity index (χ0) is 22.5. The zero-order valence-electron chi connectivity index (χ0n) is 18.1. The normalized spacial score (nSPS) is 16.6. The first-order valence-corrected chi connectivity index (χ1v) is 10.9. The minimum atomic E-state index is -0.452. The molecule has 0 spiro atoms. The van der Waals surface area contributed by atoms with Crippen molar-refractivity contribution in [2.24, 2.45) is 5.92 Å².